The van der Waals surface area contributed by atoms with Gasteiger partial charge in [0.25, 0.3) is 0 Å². The third kappa shape index (κ3) is 5.18. The van der Waals surface area contributed by atoms with Crippen molar-refractivity contribution in [3.63, 3.8) is 0 Å². The molecule has 2 aliphatic rings. The van der Waals surface area contributed by atoms with E-state index in [4.69, 9.17) is 14.1 Å². The zero-order valence-electron chi connectivity index (χ0n) is 14.8. The van der Waals surface area contributed by atoms with Crippen LogP contribution in [0.2, 0.25) is 0 Å². The van der Waals surface area contributed by atoms with Gasteiger partial charge >= 0.3 is 0 Å². The molecule has 1 atom stereocenters. The summed E-state index contributed by atoms with van der Waals surface area (Å²) >= 11 is 2.05. The molecule has 1 N–H and O–H groups in total. The molecular formula is C18H29N3O2S. The van der Waals surface area contributed by atoms with Gasteiger partial charge in [-0.2, -0.15) is 11.8 Å². The summed E-state index contributed by atoms with van der Waals surface area (Å²) < 4.78 is 11.2. The zero-order valence-corrected chi connectivity index (χ0v) is 15.6. The average Bonchev–Trinajstić information content (AvgIpc) is 3.23. The van der Waals surface area contributed by atoms with Crippen molar-refractivity contribution in [2.24, 2.45) is 10.9 Å². The summed E-state index contributed by atoms with van der Waals surface area (Å²) in [5, 5.41) is 3.56. The van der Waals surface area contributed by atoms with Crippen LogP contribution in [0.3, 0.4) is 0 Å². The van der Waals surface area contributed by atoms with Gasteiger partial charge in [-0.3, -0.25) is 4.99 Å². The number of hydrogen-bond donors (Lipinski definition) is 1. The van der Waals surface area contributed by atoms with Crippen molar-refractivity contribution in [1.82, 2.24) is 10.2 Å². The molecule has 0 aliphatic carbocycles. The second-order valence-corrected chi connectivity index (χ2v) is 8.98. The van der Waals surface area contributed by atoms with Gasteiger partial charge < -0.3 is 19.4 Å². The summed E-state index contributed by atoms with van der Waals surface area (Å²) in [4.78, 5) is 7.34. The van der Waals surface area contributed by atoms with Crippen LogP contribution in [0.15, 0.2) is 27.8 Å². The summed E-state index contributed by atoms with van der Waals surface area (Å²) in [6, 6.07) is 3.96. The third-order valence-electron chi connectivity index (χ3n) is 4.48. The minimum absolute atomic E-state index is 0.276. The Morgan fingerprint density at radius 1 is 1.50 bits per heavy atom. The van der Waals surface area contributed by atoms with Crippen LogP contribution in [0, 0.1) is 5.92 Å². The van der Waals surface area contributed by atoms with Crippen molar-refractivity contribution in [3.8, 4) is 0 Å². The van der Waals surface area contributed by atoms with E-state index in [0.29, 0.717) is 5.92 Å². The standard InChI is InChI=1S/C18H29N3O2S/c1-18(2)14-21(8-11-24-18)17(20-12-15-6-10-22-13-15)19-7-5-16-4-3-9-23-16/h3-4,9,15H,5-8,10-14H2,1-2H3,(H,19,20). The summed E-state index contributed by atoms with van der Waals surface area (Å²) in [7, 11) is 0. The van der Waals surface area contributed by atoms with E-state index in [1.165, 1.54) is 0 Å². The molecule has 5 nitrogen and oxygen atoms in total. The monoisotopic (exact) mass is 351 g/mol. The first-order valence-electron chi connectivity index (χ1n) is 8.90. The van der Waals surface area contributed by atoms with Gasteiger partial charge in [0.15, 0.2) is 5.96 Å². The van der Waals surface area contributed by atoms with Gasteiger partial charge in [0.05, 0.1) is 12.9 Å². The topological polar surface area (TPSA) is 50.0 Å². The van der Waals surface area contributed by atoms with E-state index < -0.39 is 0 Å². The number of hydrogen-bond acceptors (Lipinski definition) is 4. The molecule has 1 aromatic rings. The van der Waals surface area contributed by atoms with Crippen molar-refractivity contribution in [3.05, 3.63) is 24.2 Å². The Bertz CT molecular complexity index is 524. The third-order valence-corrected chi connectivity index (χ3v) is 5.78. The first-order valence-corrected chi connectivity index (χ1v) is 9.88. The van der Waals surface area contributed by atoms with Gasteiger partial charge in [0.1, 0.15) is 5.76 Å². The van der Waals surface area contributed by atoms with E-state index in [-0.39, 0.29) is 4.75 Å². The molecule has 1 aromatic heterocycles. The molecule has 3 heterocycles. The van der Waals surface area contributed by atoms with E-state index >= 15 is 0 Å². The van der Waals surface area contributed by atoms with Crippen LogP contribution in [0.4, 0.5) is 0 Å². The molecule has 0 saturated carbocycles. The van der Waals surface area contributed by atoms with E-state index in [9.17, 15) is 0 Å². The molecule has 24 heavy (non-hydrogen) atoms. The first kappa shape index (κ1) is 17.7. The Kier molecular flexibility index (Phi) is 6.11. The minimum atomic E-state index is 0.276. The molecule has 0 bridgehead atoms. The molecule has 6 heteroatoms. The molecule has 0 radical (unpaired) electrons. The Hall–Kier alpha value is -1.14. The number of aliphatic imine (C=N–C) groups is 1. The Morgan fingerprint density at radius 3 is 3.12 bits per heavy atom. The van der Waals surface area contributed by atoms with Crippen LogP contribution in [-0.2, 0) is 11.2 Å². The summed E-state index contributed by atoms with van der Waals surface area (Å²) in [6.07, 6.45) is 3.74. The molecule has 1 unspecified atom stereocenters. The smallest absolute Gasteiger partial charge is 0.194 e. The van der Waals surface area contributed by atoms with Gasteiger partial charge in [-0.25, -0.2) is 0 Å². The Morgan fingerprint density at radius 2 is 2.42 bits per heavy atom. The fourth-order valence-corrected chi connectivity index (χ4v) is 4.27. The van der Waals surface area contributed by atoms with Crippen molar-refractivity contribution in [1.29, 1.82) is 0 Å². The van der Waals surface area contributed by atoms with Crippen LogP contribution >= 0.6 is 11.8 Å². The molecular weight excluding hydrogens is 322 g/mol. The molecule has 2 fully saturated rings. The maximum atomic E-state index is 5.48. The molecule has 3 rings (SSSR count). The zero-order chi connectivity index (χ0) is 16.8. The fraction of sp³-hybridized carbons (Fsp3) is 0.722. The number of furan rings is 1. The number of rotatable bonds is 5. The fourth-order valence-electron chi connectivity index (χ4n) is 3.16. The number of nitrogens with one attached hydrogen (secondary N) is 1. The lowest BCUT2D eigenvalue weighted by Gasteiger charge is -2.39. The van der Waals surface area contributed by atoms with E-state index in [0.717, 1.165) is 69.7 Å². The molecule has 0 aromatic carbocycles. The Labute approximate surface area is 149 Å². The van der Waals surface area contributed by atoms with Gasteiger partial charge in [0, 0.05) is 55.6 Å². The number of thioether (sulfide) groups is 1. The quantitative estimate of drug-likeness (QED) is 0.653. The predicted octanol–water partition coefficient (Wildman–Crippen LogP) is 2.63. The van der Waals surface area contributed by atoms with Crippen molar-refractivity contribution < 1.29 is 9.15 Å². The van der Waals surface area contributed by atoms with Crippen LogP contribution in [0.25, 0.3) is 0 Å². The highest BCUT2D eigenvalue weighted by Gasteiger charge is 2.29. The summed E-state index contributed by atoms with van der Waals surface area (Å²) in [5.41, 5.74) is 0. The van der Waals surface area contributed by atoms with Gasteiger partial charge in [-0.1, -0.05) is 0 Å². The highest BCUT2D eigenvalue weighted by molar-refractivity contribution is 8.00. The second-order valence-electron chi connectivity index (χ2n) is 7.18. The Balaban J connectivity index is 1.59. The van der Waals surface area contributed by atoms with Crippen LogP contribution in [-0.4, -0.2) is 60.8 Å². The van der Waals surface area contributed by atoms with E-state index in [1.54, 1.807) is 6.26 Å². The lowest BCUT2D eigenvalue weighted by Crippen LogP contribution is -2.51. The normalized spacial score (nSPS) is 24.3. The minimum Gasteiger partial charge on any atom is -0.469 e. The van der Waals surface area contributed by atoms with Gasteiger partial charge in [-0.05, 0) is 32.4 Å². The van der Waals surface area contributed by atoms with Gasteiger partial charge in [-0.15, -0.1) is 0 Å². The van der Waals surface area contributed by atoms with Crippen molar-refractivity contribution in [2.45, 2.75) is 31.4 Å². The van der Waals surface area contributed by atoms with E-state index in [2.05, 4.69) is 24.1 Å². The highest BCUT2D eigenvalue weighted by atomic mass is 32.2. The molecule has 2 saturated heterocycles. The highest BCUT2D eigenvalue weighted by Crippen LogP contribution is 2.29. The van der Waals surface area contributed by atoms with Crippen LogP contribution in [0.1, 0.15) is 26.0 Å². The molecule has 134 valence electrons. The second kappa shape index (κ2) is 8.30. The maximum Gasteiger partial charge on any atom is 0.194 e. The maximum absolute atomic E-state index is 5.48. The number of nitrogens with zero attached hydrogens (tertiary/aromatic N) is 2. The van der Waals surface area contributed by atoms with Crippen molar-refractivity contribution >= 4 is 17.7 Å². The molecule has 2 aliphatic heterocycles. The molecule has 0 amide bonds. The SMILES string of the molecule is CC1(C)CN(C(=NCC2CCOC2)NCCc2ccco2)CCS1. The van der Waals surface area contributed by atoms with E-state index in [1.807, 2.05) is 23.9 Å². The number of ether oxygens (including phenoxy) is 1. The summed E-state index contributed by atoms with van der Waals surface area (Å²) in [6.45, 7) is 10.2. The van der Waals surface area contributed by atoms with Gasteiger partial charge in [0.2, 0.25) is 0 Å². The predicted molar refractivity (Wildman–Crippen MR) is 99.8 cm³/mol. The lowest BCUT2D eigenvalue weighted by atomic mass is 10.1. The largest absolute Gasteiger partial charge is 0.469 e. The van der Waals surface area contributed by atoms with Crippen LogP contribution in [0.5, 0.6) is 0 Å². The molecule has 0 spiro atoms. The average molecular weight is 352 g/mol. The summed E-state index contributed by atoms with van der Waals surface area (Å²) in [5.74, 6) is 3.78. The number of guanidine groups is 1. The van der Waals surface area contributed by atoms with Crippen LogP contribution < -0.4 is 5.32 Å². The van der Waals surface area contributed by atoms with Crippen molar-refractivity contribution in [2.75, 3.05) is 45.1 Å². The first-order chi connectivity index (χ1) is 11.6. The lowest BCUT2D eigenvalue weighted by molar-refractivity contribution is 0.187.